The van der Waals surface area contributed by atoms with E-state index in [1.165, 1.54) is 13.2 Å². The number of hydrogen-bond donors (Lipinski definition) is 1. The first-order chi connectivity index (χ1) is 10.0. The summed E-state index contributed by atoms with van der Waals surface area (Å²) in [4.78, 5) is 11.9. The van der Waals surface area contributed by atoms with Crippen LogP contribution in [0.3, 0.4) is 0 Å². The molecule has 2 aromatic carbocycles. The molecular formula is C15H13Cl2NO3. The fraction of sp³-hybridized carbons (Fsp3) is 0.133. The fourth-order valence-electron chi connectivity index (χ4n) is 1.72. The summed E-state index contributed by atoms with van der Waals surface area (Å²) in [5.74, 6) is 0.0338. The van der Waals surface area contributed by atoms with Crippen molar-refractivity contribution in [3.8, 4) is 5.75 Å². The van der Waals surface area contributed by atoms with Gasteiger partial charge in [-0.3, -0.25) is 0 Å². The van der Waals surface area contributed by atoms with E-state index in [4.69, 9.17) is 38.4 Å². The zero-order valence-corrected chi connectivity index (χ0v) is 12.7. The molecule has 0 aliphatic carbocycles. The van der Waals surface area contributed by atoms with Crippen molar-refractivity contribution in [2.24, 2.45) is 0 Å². The molecule has 0 fully saturated rings. The second kappa shape index (κ2) is 6.70. The highest BCUT2D eigenvalue weighted by atomic mass is 35.5. The molecule has 0 heterocycles. The lowest BCUT2D eigenvalue weighted by molar-refractivity contribution is 0.0473. The van der Waals surface area contributed by atoms with Gasteiger partial charge in [0.25, 0.3) is 0 Å². The van der Waals surface area contributed by atoms with Gasteiger partial charge in [-0.15, -0.1) is 0 Å². The van der Waals surface area contributed by atoms with Crippen LogP contribution < -0.4 is 10.5 Å². The van der Waals surface area contributed by atoms with E-state index in [0.717, 1.165) is 5.56 Å². The van der Waals surface area contributed by atoms with Crippen LogP contribution in [0.15, 0.2) is 36.4 Å². The zero-order valence-electron chi connectivity index (χ0n) is 11.2. The number of hydrogen-bond acceptors (Lipinski definition) is 4. The van der Waals surface area contributed by atoms with Gasteiger partial charge in [0.05, 0.1) is 28.4 Å². The van der Waals surface area contributed by atoms with E-state index in [-0.39, 0.29) is 6.61 Å². The Morgan fingerprint density at radius 3 is 2.52 bits per heavy atom. The van der Waals surface area contributed by atoms with Crippen molar-refractivity contribution >= 4 is 34.9 Å². The number of nitrogens with two attached hydrogens (primary N) is 1. The van der Waals surface area contributed by atoms with E-state index < -0.39 is 5.97 Å². The van der Waals surface area contributed by atoms with Crippen LogP contribution in [0.4, 0.5) is 5.69 Å². The van der Waals surface area contributed by atoms with Crippen LogP contribution in [0.5, 0.6) is 5.75 Å². The topological polar surface area (TPSA) is 61.5 Å². The van der Waals surface area contributed by atoms with Gasteiger partial charge < -0.3 is 15.2 Å². The van der Waals surface area contributed by atoms with Gasteiger partial charge in [-0.1, -0.05) is 29.3 Å². The summed E-state index contributed by atoms with van der Waals surface area (Å²) in [5, 5.41) is 0.869. The Balaban J connectivity index is 2.04. The molecule has 0 saturated heterocycles. The highest BCUT2D eigenvalue weighted by Gasteiger charge is 2.10. The Hall–Kier alpha value is -1.91. The summed E-state index contributed by atoms with van der Waals surface area (Å²) in [5.41, 5.74) is 7.23. The van der Waals surface area contributed by atoms with Gasteiger partial charge in [0.15, 0.2) is 0 Å². The molecule has 6 heteroatoms. The van der Waals surface area contributed by atoms with Crippen molar-refractivity contribution in [2.75, 3.05) is 12.8 Å². The lowest BCUT2D eigenvalue weighted by Crippen LogP contribution is -2.06. The molecule has 0 radical (unpaired) electrons. The lowest BCUT2D eigenvalue weighted by atomic mass is 10.2. The van der Waals surface area contributed by atoms with E-state index in [2.05, 4.69) is 0 Å². The van der Waals surface area contributed by atoms with Gasteiger partial charge in [-0.25, -0.2) is 4.79 Å². The zero-order chi connectivity index (χ0) is 15.4. The van der Waals surface area contributed by atoms with Crippen LogP contribution in [-0.2, 0) is 11.3 Å². The van der Waals surface area contributed by atoms with Gasteiger partial charge in [0, 0.05) is 0 Å². The maximum Gasteiger partial charge on any atom is 0.338 e. The predicted molar refractivity (Wildman–Crippen MR) is 83.0 cm³/mol. The highest BCUT2D eigenvalue weighted by molar-refractivity contribution is 6.42. The summed E-state index contributed by atoms with van der Waals surface area (Å²) in [6.07, 6.45) is 0. The monoisotopic (exact) mass is 325 g/mol. The Morgan fingerprint density at radius 1 is 1.14 bits per heavy atom. The number of methoxy groups -OCH3 is 1. The third-order valence-corrected chi connectivity index (χ3v) is 3.56. The normalized spacial score (nSPS) is 10.2. The van der Waals surface area contributed by atoms with Gasteiger partial charge in [0.2, 0.25) is 0 Å². The predicted octanol–water partition coefficient (Wildman–Crippen LogP) is 3.94. The molecule has 2 aromatic rings. The van der Waals surface area contributed by atoms with Crippen molar-refractivity contribution in [1.82, 2.24) is 0 Å². The smallest absolute Gasteiger partial charge is 0.338 e. The van der Waals surface area contributed by atoms with E-state index >= 15 is 0 Å². The van der Waals surface area contributed by atoms with Crippen molar-refractivity contribution in [1.29, 1.82) is 0 Å². The van der Waals surface area contributed by atoms with Crippen LogP contribution in [0.1, 0.15) is 15.9 Å². The quantitative estimate of drug-likeness (QED) is 0.683. The minimum Gasteiger partial charge on any atom is -0.495 e. The molecule has 0 unspecified atom stereocenters. The summed E-state index contributed by atoms with van der Waals surface area (Å²) >= 11 is 11.7. The first-order valence-corrected chi connectivity index (χ1v) is 6.81. The molecule has 0 saturated carbocycles. The standard InChI is InChI=1S/C15H13Cl2NO3/c1-20-14-5-3-10(7-13(14)18)15(19)21-8-9-2-4-11(16)12(17)6-9/h2-7H,8,18H2,1H3. The summed E-state index contributed by atoms with van der Waals surface area (Å²) < 4.78 is 10.2. The Bertz CT molecular complexity index is 674. The minimum absolute atomic E-state index is 0.0989. The van der Waals surface area contributed by atoms with Crippen LogP contribution in [0, 0.1) is 0 Å². The molecule has 0 atom stereocenters. The van der Waals surface area contributed by atoms with E-state index in [9.17, 15) is 4.79 Å². The summed E-state index contributed by atoms with van der Waals surface area (Å²) in [7, 11) is 1.51. The first-order valence-electron chi connectivity index (χ1n) is 6.06. The van der Waals surface area contributed by atoms with Crippen LogP contribution in [-0.4, -0.2) is 13.1 Å². The number of carbonyl (C=O) groups excluding carboxylic acids is 1. The molecular weight excluding hydrogens is 313 g/mol. The van der Waals surface area contributed by atoms with E-state index in [1.807, 2.05) is 0 Å². The lowest BCUT2D eigenvalue weighted by Gasteiger charge is -2.08. The highest BCUT2D eigenvalue weighted by Crippen LogP contribution is 2.24. The van der Waals surface area contributed by atoms with Gasteiger partial charge in [-0.2, -0.15) is 0 Å². The van der Waals surface area contributed by atoms with Crippen LogP contribution in [0.25, 0.3) is 0 Å². The van der Waals surface area contributed by atoms with Crippen molar-refractivity contribution in [3.63, 3.8) is 0 Å². The average molecular weight is 326 g/mol. The number of esters is 1. The number of nitrogen functional groups attached to an aromatic ring is 1. The van der Waals surface area contributed by atoms with Gasteiger partial charge >= 0.3 is 5.97 Å². The van der Waals surface area contributed by atoms with Crippen LogP contribution >= 0.6 is 23.2 Å². The van der Waals surface area contributed by atoms with E-state index in [0.29, 0.717) is 27.0 Å². The second-order valence-electron chi connectivity index (χ2n) is 4.28. The number of ether oxygens (including phenoxy) is 2. The molecule has 0 amide bonds. The summed E-state index contributed by atoms with van der Waals surface area (Å²) in [6.45, 7) is 0.0989. The van der Waals surface area contributed by atoms with Crippen molar-refractivity contribution in [3.05, 3.63) is 57.6 Å². The average Bonchev–Trinajstić information content (AvgIpc) is 2.48. The molecule has 2 rings (SSSR count). The second-order valence-corrected chi connectivity index (χ2v) is 5.10. The largest absolute Gasteiger partial charge is 0.495 e. The fourth-order valence-corrected chi connectivity index (χ4v) is 2.04. The molecule has 110 valence electrons. The van der Waals surface area contributed by atoms with Crippen molar-refractivity contribution in [2.45, 2.75) is 6.61 Å². The molecule has 4 nitrogen and oxygen atoms in total. The SMILES string of the molecule is COc1ccc(C(=O)OCc2ccc(Cl)c(Cl)c2)cc1N. The molecule has 0 spiro atoms. The van der Waals surface area contributed by atoms with Crippen molar-refractivity contribution < 1.29 is 14.3 Å². The third-order valence-electron chi connectivity index (χ3n) is 2.82. The summed E-state index contributed by atoms with van der Waals surface area (Å²) in [6, 6.07) is 9.76. The third kappa shape index (κ3) is 3.80. The molecule has 0 aliphatic rings. The number of anilines is 1. The first kappa shape index (κ1) is 15.5. The Kier molecular flexibility index (Phi) is 4.94. The molecule has 2 N–H and O–H groups in total. The molecule has 0 aliphatic heterocycles. The minimum atomic E-state index is -0.476. The number of rotatable bonds is 4. The number of halogens is 2. The van der Waals surface area contributed by atoms with Gasteiger partial charge in [0.1, 0.15) is 12.4 Å². The molecule has 0 aromatic heterocycles. The Labute approximate surface area is 132 Å². The molecule has 21 heavy (non-hydrogen) atoms. The Morgan fingerprint density at radius 2 is 1.90 bits per heavy atom. The van der Waals surface area contributed by atoms with Crippen LogP contribution in [0.2, 0.25) is 10.0 Å². The maximum absolute atomic E-state index is 11.9. The number of benzene rings is 2. The maximum atomic E-state index is 11.9. The molecule has 0 bridgehead atoms. The number of carbonyl (C=O) groups is 1. The van der Waals surface area contributed by atoms with Gasteiger partial charge in [-0.05, 0) is 35.9 Å². The van der Waals surface area contributed by atoms with E-state index in [1.54, 1.807) is 30.3 Å².